The second kappa shape index (κ2) is 5.95. The fourth-order valence-electron chi connectivity index (χ4n) is 2.28. The molecule has 0 bridgehead atoms. The van der Waals surface area contributed by atoms with E-state index in [1.165, 1.54) is 12.1 Å². The van der Waals surface area contributed by atoms with Crippen LogP contribution < -0.4 is 0 Å². The number of imidazole rings is 1. The van der Waals surface area contributed by atoms with E-state index < -0.39 is 0 Å². The topological polar surface area (TPSA) is 17.8 Å². The average Bonchev–Trinajstić information content (AvgIpc) is 2.77. The first-order valence-electron chi connectivity index (χ1n) is 6.28. The molecule has 1 aromatic heterocycles. The lowest BCUT2D eigenvalue weighted by molar-refractivity contribution is 0.627. The van der Waals surface area contributed by atoms with E-state index in [1.54, 1.807) is 6.07 Å². The minimum atomic E-state index is -0.367. The normalized spacial score (nSPS) is 11.2. The third kappa shape index (κ3) is 2.80. The quantitative estimate of drug-likeness (QED) is 0.553. The number of hydrogen-bond acceptors (Lipinski definition) is 1. The van der Waals surface area contributed by atoms with E-state index in [0.717, 1.165) is 21.3 Å². The summed E-state index contributed by atoms with van der Waals surface area (Å²) in [6.07, 6.45) is 0.599. The van der Waals surface area contributed by atoms with Crippen LogP contribution >= 0.6 is 39.1 Å². The van der Waals surface area contributed by atoms with Gasteiger partial charge in [-0.2, -0.15) is 0 Å². The van der Waals surface area contributed by atoms with Gasteiger partial charge >= 0.3 is 0 Å². The van der Waals surface area contributed by atoms with Crippen molar-refractivity contribution in [1.29, 1.82) is 0 Å². The molecular formula is C15H10BrCl2FN2. The first-order chi connectivity index (χ1) is 10.1. The molecule has 0 saturated carbocycles. The van der Waals surface area contributed by atoms with Gasteiger partial charge in [0.15, 0.2) is 0 Å². The summed E-state index contributed by atoms with van der Waals surface area (Å²) in [6.45, 7) is 0. The van der Waals surface area contributed by atoms with Gasteiger partial charge in [0.2, 0.25) is 0 Å². The highest BCUT2D eigenvalue weighted by atomic mass is 79.9. The molecule has 1 heterocycles. The molecule has 108 valence electrons. The van der Waals surface area contributed by atoms with Gasteiger partial charge in [0, 0.05) is 16.8 Å². The molecule has 0 spiro atoms. The van der Waals surface area contributed by atoms with Gasteiger partial charge < -0.3 is 0 Å². The summed E-state index contributed by atoms with van der Waals surface area (Å²) < 4.78 is 16.1. The maximum absolute atomic E-state index is 13.3. The SMILES string of the molecule is Fc1ccc(-n2c(CCCl)nc3ccc(Br)cc32)c(Cl)c1. The van der Waals surface area contributed by atoms with Crippen molar-refractivity contribution in [2.75, 3.05) is 5.88 Å². The second-order valence-electron chi connectivity index (χ2n) is 4.53. The summed E-state index contributed by atoms with van der Waals surface area (Å²) in [5.74, 6) is 0.878. The number of benzene rings is 2. The molecule has 0 fully saturated rings. The maximum Gasteiger partial charge on any atom is 0.124 e. The summed E-state index contributed by atoms with van der Waals surface area (Å²) >= 11 is 15.5. The molecule has 0 aliphatic rings. The maximum atomic E-state index is 13.3. The third-order valence-corrected chi connectivity index (χ3v) is 4.14. The molecule has 0 saturated heterocycles. The van der Waals surface area contributed by atoms with Crippen molar-refractivity contribution < 1.29 is 4.39 Å². The highest BCUT2D eigenvalue weighted by molar-refractivity contribution is 9.10. The van der Waals surface area contributed by atoms with Crippen molar-refractivity contribution in [2.45, 2.75) is 6.42 Å². The lowest BCUT2D eigenvalue weighted by atomic mass is 10.2. The molecule has 0 aliphatic heterocycles. The van der Waals surface area contributed by atoms with Crippen molar-refractivity contribution in [1.82, 2.24) is 9.55 Å². The van der Waals surface area contributed by atoms with Gasteiger partial charge in [-0.15, -0.1) is 11.6 Å². The van der Waals surface area contributed by atoms with Gasteiger partial charge in [-0.25, -0.2) is 9.37 Å². The molecule has 21 heavy (non-hydrogen) atoms. The standard InChI is InChI=1S/C15H10BrCl2FN2/c16-9-1-3-12-14(7-9)21(15(20-12)5-6-17)13-4-2-10(19)8-11(13)18/h1-4,7-8H,5-6H2. The Hall–Kier alpha value is -1.10. The molecule has 0 N–H and O–H groups in total. The summed E-state index contributed by atoms with van der Waals surface area (Å²) in [6, 6.07) is 10.1. The van der Waals surface area contributed by atoms with Crippen LogP contribution in [-0.2, 0) is 6.42 Å². The van der Waals surface area contributed by atoms with E-state index in [1.807, 2.05) is 22.8 Å². The van der Waals surface area contributed by atoms with Crippen LogP contribution in [0.2, 0.25) is 5.02 Å². The van der Waals surface area contributed by atoms with Crippen molar-refractivity contribution in [2.24, 2.45) is 0 Å². The summed E-state index contributed by atoms with van der Waals surface area (Å²) in [4.78, 5) is 4.59. The molecular weight excluding hydrogens is 378 g/mol. The van der Waals surface area contributed by atoms with Crippen molar-refractivity contribution >= 4 is 50.2 Å². The molecule has 2 aromatic carbocycles. The third-order valence-electron chi connectivity index (χ3n) is 3.15. The lowest BCUT2D eigenvalue weighted by Gasteiger charge is -2.10. The van der Waals surface area contributed by atoms with E-state index in [0.29, 0.717) is 23.0 Å². The highest BCUT2D eigenvalue weighted by Gasteiger charge is 2.15. The first kappa shape index (κ1) is 14.8. The number of halogens is 4. The number of alkyl halides is 1. The minimum absolute atomic E-state index is 0.338. The molecule has 0 atom stereocenters. The summed E-state index contributed by atoms with van der Waals surface area (Å²) in [7, 11) is 0. The van der Waals surface area contributed by atoms with Crippen molar-refractivity contribution in [3.63, 3.8) is 0 Å². The predicted molar refractivity (Wildman–Crippen MR) is 88.2 cm³/mol. The minimum Gasteiger partial charge on any atom is -0.295 e. The monoisotopic (exact) mass is 386 g/mol. The van der Waals surface area contributed by atoms with Crippen molar-refractivity contribution in [3.8, 4) is 5.69 Å². The van der Waals surface area contributed by atoms with Gasteiger partial charge in [-0.05, 0) is 36.4 Å². The van der Waals surface area contributed by atoms with E-state index in [2.05, 4.69) is 20.9 Å². The Balaban J connectivity index is 2.32. The second-order valence-corrected chi connectivity index (χ2v) is 6.23. The Morgan fingerprint density at radius 2 is 2.00 bits per heavy atom. The Kier molecular flexibility index (Phi) is 4.20. The number of hydrogen-bond donors (Lipinski definition) is 0. The molecule has 3 rings (SSSR count). The predicted octanol–water partition coefficient (Wildman–Crippen LogP) is 5.36. The fraction of sp³-hybridized carbons (Fsp3) is 0.133. The van der Waals surface area contributed by atoms with Gasteiger partial charge in [0.05, 0.1) is 21.7 Å². The lowest BCUT2D eigenvalue weighted by Crippen LogP contribution is -2.03. The van der Waals surface area contributed by atoms with Gasteiger partial charge in [-0.3, -0.25) is 4.57 Å². The Bertz CT molecular complexity index is 817. The van der Waals surface area contributed by atoms with Crippen LogP contribution in [0.15, 0.2) is 40.9 Å². The first-order valence-corrected chi connectivity index (χ1v) is 7.99. The van der Waals surface area contributed by atoms with E-state index >= 15 is 0 Å². The van der Waals surface area contributed by atoms with E-state index in [-0.39, 0.29) is 5.82 Å². The van der Waals surface area contributed by atoms with E-state index in [9.17, 15) is 4.39 Å². The molecule has 0 aliphatic carbocycles. The molecule has 2 nitrogen and oxygen atoms in total. The fourth-order valence-corrected chi connectivity index (χ4v) is 3.05. The van der Waals surface area contributed by atoms with Crippen LogP contribution in [0.5, 0.6) is 0 Å². The van der Waals surface area contributed by atoms with Crippen LogP contribution in [0.1, 0.15) is 5.82 Å². The number of nitrogens with zero attached hydrogens (tertiary/aromatic N) is 2. The molecule has 3 aromatic rings. The number of fused-ring (bicyclic) bond motifs is 1. The van der Waals surface area contributed by atoms with Crippen LogP contribution in [0.4, 0.5) is 4.39 Å². The summed E-state index contributed by atoms with van der Waals surface area (Å²) in [5, 5.41) is 0.338. The zero-order valence-corrected chi connectivity index (χ0v) is 13.9. The van der Waals surface area contributed by atoms with Gasteiger partial charge in [0.1, 0.15) is 11.6 Å². The zero-order chi connectivity index (χ0) is 15.0. The number of aromatic nitrogens is 2. The van der Waals surface area contributed by atoms with Crippen LogP contribution in [0.3, 0.4) is 0 Å². The number of rotatable bonds is 3. The van der Waals surface area contributed by atoms with Gasteiger partial charge in [-0.1, -0.05) is 27.5 Å². The largest absolute Gasteiger partial charge is 0.295 e. The Morgan fingerprint density at radius 1 is 1.19 bits per heavy atom. The average molecular weight is 388 g/mol. The highest BCUT2D eigenvalue weighted by Crippen LogP contribution is 2.29. The van der Waals surface area contributed by atoms with Crippen molar-refractivity contribution in [3.05, 3.63) is 57.5 Å². The smallest absolute Gasteiger partial charge is 0.124 e. The molecule has 0 radical (unpaired) electrons. The van der Waals surface area contributed by atoms with Crippen LogP contribution in [0, 0.1) is 5.82 Å². The summed E-state index contributed by atoms with van der Waals surface area (Å²) in [5.41, 5.74) is 2.44. The van der Waals surface area contributed by atoms with Gasteiger partial charge in [0.25, 0.3) is 0 Å². The Labute approximate surface area is 139 Å². The molecule has 6 heteroatoms. The molecule has 0 unspecified atom stereocenters. The Morgan fingerprint density at radius 3 is 2.71 bits per heavy atom. The van der Waals surface area contributed by atoms with Crippen LogP contribution in [0.25, 0.3) is 16.7 Å². The zero-order valence-electron chi connectivity index (χ0n) is 10.8. The van der Waals surface area contributed by atoms with E-state index in [4.69, 9.17) is 23.2 Å². The van der Waals surface area contributed by atoms with Crippen LogP contribution in [-0.4, -0.2) is 15.4 Å². The molecule has 0 amide bonds. The number of aryl methyl sites for hydroxylation is 1.